The third kappa shape index (κ3) is 2.19. The highest BCUT2D eigenvalue weighted by Gasteiger charge is 2.24. The van der Waals surface area contributed by atoms with E-state index in [0.29, 0.717) is 5.84 Å². The van der Waals surface area contributed by atoms with Gasteiger partial charge in [-0.25, -0.2) is 10.4 Å². The van der Waals surface area contributed by atoms with E-state index in [0.717, 1.165) is 5.56 Å². The molecule has 1 aromatic carbocycles. The summed E-state index contributed by atoms with van der Waals surface area (Å²) in [6, 6.07) is 9.65. The molecule has 0 saturated heterocycles. The first-order valence-electron chi connectivity index (χ1n) is 4.70. The van der Waals surface area contributed by atoms with Gasteiger partial charge in [0, 0.05) is 12.6 Å². The fourth-order valence-corrected chi connectivity index (χ4v) is 1.92. The second-order valence-corrected chi connectivity index (χ2v) is 3.83. The van der Waals surface area contributed by atoms with Crippen molar-refractivity contribution >= 4 is 34.3 Å². The molecule has 0 amide bonds. The van der Waals surface area contributed by atoms with E-state index in [9.17, 15) is 0 Å². The Hall–Kier alpha value is -1.10. The predicted octanol–water partition coefficient (Wildman–Crippen LogP) is 2.00. The van der Waals surface area contributed by atoms with Crippen molar-refractivity contribution in [2.75, 3.05) is 7.05 Å². The lowest BCUT2D eigenvalue weighted by molar-refractivity contribution is 0.317. The third-order valence-electron chi connectivity index (χ3n) is 2.13. The standard InChI is InChI=1S/C10H10Cl2N4/c1-13-16-8(7-5-3-2-4-6-7)14-9(11)15-10(16)12/h2-6,10,13H,1H3. The molecule has 0 saturated carbocycles. The van der Waals surface area contributed by atoms with Crippen LogP contribution in [0.3, 0.4) is 0 Å². The first kappa shape index (κ1) is 11.4. The highest BCUT2D eigenvalue weighted by Crippen LogP contribution is 2.17. The molecule has 1 heterocycles. The average Bonchev–Trinajstić information content (AvgIpc) is 2.29. The van der Waals surface area contributed by atoms with Gasteiger partial charge in [-0.3, -0.25) is 5.01 Å². The number of alkyl halides is 1. The van der Waals surface area contributed by atoms with Gasteiger partial charge in [-0.2, -0.15) is 4.99 Å². The van der Waals surface area contributed by atoms with Gasteiger partial charge in [0.25, 0.3) is 0 Å². The van der Waals surface area contributed by atoms with E-state index in [4.69, 9.17) is 23.2 Å². The number of rotatable bonds is 2. The molecule has 1 aliphatic heterocycles. The third-order valence-corrected chi connectivity index (χ3v) is 2.60. The Kier molecular flexibility index (Phi) is 3.43. The molecule has 0 spiro atoms. The van der Waals surface area contributed by atoms with E-state index in [1.54, 1.807) is 12.1 Å². The lowest BCUT2D eigenvalue weighted by Gasteiger charge is -2.29. The summed E-state index contributed by atoms with van der Waals surface area (Å²) in [6.07, 6.45) is 0. The Morgan fingerprint density at radius 3 is 2.62 bits per heavy atom. The Labute approximate surface area is 104 Å². The molecule has 0 aliphatic carbocycles. The first-order valence-corrected chi connectivity index (χ1v) is 5.52. The van der Waals surface area contributed by atoms with Gasteiger partial charge in [0.2, 0.25) is 10.9 Å². The van der Waals surface area contributed by atoms with Crippen LogP contribution in [0.5, 0.6) is 0 Å². The summed E-state index contributed by atoms with van der Waals surface area (Å²) in [6.45, 7) is 0. The van der Waals surface area contributed by atoms with E-state index < -0.39 is 5.62 Å². The second-order valence-electron chi connectivity index (χ2n) is 3.10. The Balaban J connectivity index is 2.41. The minimum Gasteiger partial charge on any atom is -0.253 e. The predicted molar refractivity (Wildman–Crippen MR) is 66.8 cm³/mol. The topological polar surface area (TPSA) is 40.0 Å². The average molecular weight is 257 g/mol. The van der Waals surface area contributed by atoms with Crippen molar-refractivity contribution in [3.63, 3.8) is 0 Å². The normalized spacial score (nSPS) is 20.4. The van der Waals surface area contributed by atoms with Crippen LogP contribution in [0.25, 0.3) is 0 Å². The maximum absolute atomic E-state index is 6.03. The van der Waals surface area contributed by atoms with Crippen LogP contribution in [0.1, 0.15) is 5.56 Å². The number of hydrogen-bond acceptors (Lipinski definition) is 4. The highest BCUT2D eigenvalue weighted by atomic mass is 35.5. The summed E-state index contributed by atoms with van der Waals surface area (Å²) in [5.74, 6) is 0.656. The van der Waals surface area contributed by atoms with Gasteiger partial charge in [0.1, 0.15) is 0 Å². The monoisotopic (exact) mass is 256 g/mol. The lowest BCUT2D eigenvalue weighted by atomic mass is 10.2. The molecule has 6 heteroatoms. The Morgan fingerprint density at radius 1 is 1.31 bits per heavy atom. The van der Waals surface area contributed by atoms with Crippen LogP contribution in [0.2, 0.25) is 0 Å². The summed E-state index contributed by atoms with van der Waals surface area (Å²) >= 11 is 11.8. The second kappa shape index (κ2) is 4.82. The van der Waals surface area contributed by atoms with Crippen molar-refractivity contribution in [1.82, 2.24) is 10.4 Å². The molecular formula is C10H10Cl2N4. The van der Waals surface area contributed by atoms with Crippen LogP contribution in [-0.2, 0) is 0 Å². The number of hydrogen-bond donors (Lipinski definition) is 1. The molecule has 0 aromatic heterocycles. The van der Waals surface area contributed by atoms with Crippen LogP contribution >= 0.6 is 23.2 Å². The van der Waals surface area contributed by atoms with Crippen LogP contribution in [-0.4, -0.2) is 28.8 Å². The van der Waals surface area contributed by atoms with E-state index in [1.807, 2.05) is 30.3 Å². The minimum atomic E-state index is -0.592. The van der Waals surface area contributed by atoms with Crippen molar-refractivity contribution in [3.8, 4) is 0 Å². The molecule has 0 fully saturated rings. The highest BCUT2D eigenvalue weighted by molar-refractivity contribution is 6.66. The van der Waals surface area contributed by atoms with E-state index in [-0.39, 0.29) is 5.29 Å². The van der Waals surface area contributed by atoms with Gasteiger partial charge >= 0.3 is 0 Å². The van der Waals surface area contributed by atoms with Crippen molar-refractivity contribution in [2.45, 2.75) is 5.62 Å². The summed E-state index contributed by atoms with van der Waals surface area (Å²) in [4.78, 5) is 8.10. The fourth-order valence-electron chi connectivity index (χ4n) is 1.42. The number of nitrogens with one attached hydrogen (secondary N) is 1. The van der Waals surface area contributed by atoms with Crippen LogP contribution in [0.4, 0.5) is 0 Å². The van der Waals surface area contributed by atoms with Crippen LogP contribution < -0.4 is 5.43 Å². The molecule has 1 atom stereocenters. The van der Waals surface area contributed by atoms with Gasteiger partial charge < -0.3 is 0 Å². The fraction of sp³-hybridized carbons (Fsp3) is 0.200. The van der Waals surface area contributed by atoms with Crippen molar-refractivity contribution in [1.29, 1.82) is 0 Å². The van der Waals surface area contributed by atoms with Gasteiger partial charge in [0.15, 0.2) is 5.84 Å². The summed E-state index contributed by atoms with van der Waals surface area (Å²) in [5, 5.41) is 1.80. The molecule has 4 nitrogen and oxygen atoms in total. The number of benzene rings is 1. The van der Waals surface area contributed by atoms with Gasteiger partial charge in [-0.05, 0) is 11.6 Å². The SMILES string of the molecule is CNN1C(c2ccccc2)=NC(Cl)=NC1Cl. The van der Waals surface area contributed by atoms with Gasteiger partial charge in [0.05, 0.1) is 0 Å². The van der Waals surface area contributed by atoms with Crippen LogP contribution in [0, 0.1) is 0 Å². The molecule has 1 unspecified atom stereocenters. The smallest absolute Gasteiger partial charge is 0.222 e. The number of nitrogens with zero attached hydrogens (tertiary/aromatic N) is 3. The summed E-state index contributed by atoms with van der Waals surface area (Å²) in [7, 11) is 1.75. The summed E-state index contributed by atoms with van der Waals surface area (Å²) in [5.41, 5.74) is 3.26. The molecule has 1 N–H and O–H groups in total. The number of halogens is 2. The van der Waals surface area contributed by atoms with E-state index in [1.165, 1.54) is 0 Å². The maximum atomic E-state index is 6.03. The van der Waals surface area contributed by atoms with Crippen molar-refractivity contribution in [2.24, 2.45) is 9.98 Å². The Bertz CT molecular complexity index is 430. The van der Waals surface area contributed by atoms with E-state index >= 15 is 0 Å². The zero-order chi connectivity index (χ0) is 11.5. The van der Waals surface area contributed by atoms with Crippen molar-refractivity contribution < 1.29 is 0 Å². The lowest BCUT2D eigenvalue weighted by Crippen LogP contribution is -2.47. The maximum Gasteiger partial charge on any atom is 0.222 e. The molecule has 16 heavy (non-hydrogen) atoms. The first-order chi connectivity index (χ1) is 7.72. The van der Waals surface area contributed by atoms with Crippen LogP contribution in [0.15, 0.2) is 40.3 Å². The molecule has 0 bridgehead atoms. The molecule has 0 radical (unpaired) electrons. The minimum absolute atomic E-state index is 0.158. The van der Waals surface area contributed by atoms with Gasteiger partial charge in [-0.15, -0.1) is 0 Å². The zero-order valence-corrected chi connectivity index (χ0v) is 10.1. The van der Waals surface area contributed by atoms with E-state index in [2.05, 4.69) is 15.4 Å². The molecule has 84 valence electrons. The molecule has 1 aromatic rings. The van der Waals surface area contributed by atoms with Gasteiger partial charge in [-0.1, -0.05) is 41.9 Å². The number of amidine groups is 2. The number of aliphatic imine (C=N–C) groups is 2. The largest absolute Gasteiger partial charge is 0.253 e. The molecule has 2 rings (SSSR count). The zero-order valence-electron chi connectivity index (χ0n) is 8.56. The number of hydrazine groups is 1. The quantitative estimate of drug-likeness (QED) is 0.650. The summed E-state index contributed by atoms with van der Waals surface area (Å²) < 4.78 is 0. The Morgan fingerprint density at radius 2 is 2.00 bits per heavy atom. The van der Waals surface area contributed by atoms with Crippen molar-refractivity contribution in [3.05, 3.63) is 35.9 Å². The molecule has 1 aliphatic rings. The molecular weight excluding hydrogens is 247 g/mol.